The molecule has 1 N–H and O–H groups in total. The van der Waals surface area contributed by atoms with Crippen molar-refractivity contribution in [3.05, 3.63) is 42.5 Å². The first-order chi connectivity index (χ1) is 12.2. The van der Waals surface area contributed by atoms with Gasteiger partial charge < -0.3 is 9.32 Å². The molecule has 128 valence electrons. The maximum absolute atomic E-state index is 8.70. The van der Waals surface area contributed by atoms with Gasteiger partial charge in [-0.25, -0.2) is 0 Å². The molecule has 1 aliphatic heterocycles. The monoisotopic (exact) mass is 350 g/mol. The third-order valence-electron chi connectivity index (χ3n) is 5.69. The number of nitrogens with zero attached hydrogens (tertiary/aromatic N) is 1. The number of amidine groups is 1. The summed E-state index contributed by atoms with van der Waals surface area (Å²) in [5.74, 6) is 0.738. The Hall–Kier alpha value is -1.94. The van der Waals surface area contributed by atoms with Crippen LogP contribution in [0.2, 0.25) is 0 Å². The Balaban J connectivity index is 1.65. The van der Waals surface area contributed by atoms with Gasteiger partial charge in [0, 0.05) is 22.5 Å². The van der Waals surface area contributed by atoms with Gasteiger partial charge in [0.2, 0.25) is 0 Å². The first kappa shape index (κ1) is 15.3. The highest BCUT2D eigenvalue weighted by Crippen LogP contribution is 2.52. The van der Waals surface area contributed by atoms with Gasteiger partial charge in [-0.15, -0.1) is 11.8 Å². The number of nitrogens with one attached hydrogen (secondary N) is 1. The molecule has 3 aromatic rings. The maximum Gasteiger partial charge on any atom is 0.137 e. The molecule has 0 bridgehead atoms. The van der Waals surface area contributed by atoms with E-state index in [2.05, 4.69) is 42.2 Å². The van der Waals surface area contributed by atoms with Crippen molar-refractivity contribution in [2.24, 2.45) is 0 Å². The predicted octanol–water partition coefficient (Wildman–Crippen LogP) is 6.17. The van der Waals surface area contributed by atoms with Crippen LogP contribution in [0, 0.1) is 5.41 Å². The van der Waals surface area contributed by atoms with Crippen LogP contribution in [0.4, 0.5) is 5.69 Å². The van der Waals surface area contributed by atoms with Gasteiger partial charge in [0.1, 0.15) is 17.0 Å². The molecule has 2 fully saturated rings. The fourth-order valence-corrected chi connectivity index (χ4v) is 6.22. The third-order valence-corrected chi connectivity index (χ3v) is 7.29. The fraction of sp³-hybridized carbons (Fsp3) is 0.381. The highest BCUT2D eigenvalue weighted by atomic mass is 32.2. The Kier molecular flexibility index (Phi) is 3.39. The molecular weight excluding hydrogens is 328 g/mol. The normalized spacial score (nSPS) is 23.2. The Morgan fingerprint density at radius 3 is 2.64 bits per heavy atom. The minimum Gasteiger partial charge on any atom is -0.456 e. The molecule has 2 heterocycles. The van der Waals surface area contributed by atoms with Crippen LogP contribution in [-0.4, -0.2) is 16.0 Å². The molecule has 5 rings (SSSR count). The highest BCUT2D eigenvalue weighted by molar-refractivity contribution is 8.02. The van der Waals surface area contributed by atoms with Crippen molar-refractivity contribution in [3.63, 3.8) is 0 Å². The van der Waals surface area contributed by atoms with Crippen LogP contribution in [0.1, 0.15) is 39.0 Å². The zero-order valence-corrected chi connectivity index (χ0v) is 15.2. The van der Waals surface area contributed by atoms with Gasteiger partial charge in [0.15, 0.2) is 0 Å². The zero-order chi connectivity index (χ0) is 17.0. The summed E-state index contributed by atoms with van der Waals surface area (Å²) < 4.78 is 6.09. The van der Waals surface area contributed by atoms with E-state index in [4.69, 9.17) is 9.83 Å². The fourth-order valence-electron chi connectivity index (χ4n) is 4.51. The van der Waals surface area contributed by atoms with Crippen LogP contribution in [0.25, 0.3) is 21.9 Å². The van der Waals surface area contributed by atoms with Gasteiger partial charge in [0.05, 0.1) is 10.1 Å². The van der Waals surface area contributed by atoms with Crippen LogP contribution in [0.15, 0.2) is 46.9 Å². The summed E-state index contributed by atoms with van der Waals surface area (Å²) in [5.41, 5.74) is 2.96. The number of hydrogen-bond donors (Lipinski definition) is 1. The summed E-state index contributed by atoms with van der Waals surface area (Å²) in [6.45, 7) is 2.17. The second-order valence-corrected chi connectivity index (χ2v) is 8.97. The second kappa shape index (κ2) is 5.53. The molecule has 0 amide bonds. The van der Waals surface area contributed by atoms with Crippen molar-refractivity contribution >= 4 is 45.2 Å². The lowest BCUT2D eigenvalue weighted by Gasteiger charge is -2.41. The van der Waals surface area contributed by atoms with Crippen LogP contribution in [0.3, 0.4) is 0 Å². The molecule has 0 radical (unpaired) electrons. The van der Waals surface area contributed by atoms with Crippen LogP contribution >= 0.6 is 11.8 Å². The number of benzene rings is 2. The van der Waals surface area contributed by atoms with Gasteiger partial charge >= 0.3 is 0 Å². The Labute approximate surface area is 151 Å². The van der Waals surface area contributed by atoms with Crippen molar-refractivity contribution in [1.29, 1.82) is 5.41 Å². The molecule has 2 aliphatic rings. The number of para-hydroxylation sites is 1. The molecule has 0 unspecified atom stereocenters. The van der Waals surface area contributed by atoms with E-state index in [-0.39, 0.29) is 10.1 Å². The molecule has 1 saturated carbocycles. The Morgan fingerprint density at radius 2 is 1.80 bits per heavy atom. The predicted molar refractivity (Wildman–Crippen MR) is 107 cm³/mol. The average molecular weight is 350 g/mol. The van der Waals surface area contributed by atoms with Gasteiger partial charge in [-0.05, 0) is 38.0 Å². The summed E-state index contributed by atoms with van der Waals surface area (Å²) in [7, 11) is 0. The second-order valence-electron chi connectivity index (χ2n) is 7.27. The molecule has 4 heteroatoms. The van der Waals surface area contributed by atoms with Crippen molar-refractivity contribution in [2.45, 2.75) is 49.1 Å². The van der Waals surface area contributed by atoms with Crippen molar-refractivity contribution < 1.29 is 4.42 Å². The molecule has 1 atom stereocenters. The lowest BCUT2D eigenvalue weighted by Crippen LogP contribution is -2.45. The minimum absolute atomic E-state index is 0.0639. The first-order valence-corrected chi connectivity index (χ1v) is 10.0. The van der Waals surface area contributed by atoms with Crippen molar-refractivity contribution in [1.82, 2.24) is 0 Å². The summed E-state index contributed by atoms with van der Waals surface area (Å²) in [6.07, 6.45) is 6.18. The number of fused-ring (bicyclic) bond motifs is 3. The maximum atomic E-state index is 8.70. The largest absolute Gasteiger partial charge is 0.456 e. The zero-order valence-electron chi connectivity index (χ0n) is 14.4. The van der Waals surface area contributed by atoms with E-state index in [1.807, 2.05) is 23.9 Å². The van der Waals surface area contributed by atoms with Crippen molar-refractivity contribution in [3.8, 4) is 0 Å². The van der Waals surface area contributed by atoms with E-state index < -0.39 is 0 Å². The number of hydrogen-bond acceptors (Lipinski definition) is 3. The van der Waals surface area contributed by atoms with E-state index in [0.717, 1.165) is 33.5 Å². The average Bonchev–Trinajstić information content (AvgIpc) is 3.10. The van der Waals surface area contributed by atoms with Gasteiger partial charge in [-0.2, -0.15) is 0 Å². The summed E-state index contributed by atoms with van der Waals surface area (Å²) in [6, 6.07) is 14.7. The van der Waals surface area contributed by atoms with Crippen LogP contribution < -0.4 is 4.90 Å². The molecule has 1 saturated heterocycles. The van der Waals surface area contributed by atoms with E-state index in [9.17, 15) is 0 Å². The summed E-state index contributed by atoms with van der Waals surface area (Å²) in [4.78, 5) is 2.36. The smallest absolute Gasteiger partial charge is 0.137 e. The minimum atomic E-state index is 0.0639. The van der Waals surface area contributed by atoms with Gasteiger partial charge in [-0.1, -0.05) is 37.5 Å². The topological polar surface area (TPSA) is 40.2 Å². The van der Waals surface area contributed by atoms with E-state index in [0.29, 0.717) is 0 Å². The SMILES string of the molecule is C[C@@H]1SC2(CCCCC2)N(c2ccc3c(c2)oc2ccccc23)C1=N. The lowest BCUT2D eigenvalue weighted by atomic mass is 9.92. The number of anilines is 1. The first-order valence-electron chi connectivity index (χ1n) is 9.16. The third kappa shape index (κ3) is 2.23. The Morgan fingerprint density at radius 1 is 1.04 bits per heavy atom. The molecule has 1 aliphatic carbocycles. The summed E-state index contributed by atoms with van der Waals surface area (Å²) >= 11 is 1.98. The van der Waals surface area contributed by atoms with Gasteiger partial charge in [0.25, 0.3) is 0 Å². The lowest BCUT2D eigenvalue weighted by molar-refractivity contribution is 0.410. The number of furan rings is 1. The van der Waals surface area contributed by atoms with E-state index in [1.165, 1.54) is 32.1 Å². The number of thioether (sulfide) groups is 1. The Bertz CT molecular complexity index is 970. The van der Waals surface area contributed by atoms with E-state index in [1.54, 1.807) is 0 Å². The highest BCUT2D eigenvalue weighted by Gasteiger charge is 2.49. The van der Waals surface area contributed by atoms with Crippen LogP contribution in [0.5, 0.6) is 0 Å². The van der Waals surface area contributed by atoms with Gasteiger partial charge in [-0.3, -0.25) is 5.41 Å². The molecule has 1 aromatic heterocycles. The number of rotatable bonds is 1. The van der Waals surface area contributed by atoms with Crippen LogP contribution in [-0.2, 0) is 0 Å². The molecule has 3 nitrogen and oxygen atoms in total. The molecule has 1 spiro atoms. The standard InChI is InChI=1S/C21H22N2OS/c1-14-20(22)23(21(25-14)11-5-2-6-12-21)15-9-10-17-16-7-3-4-8-18(16)24-19(17)13-15/h3-4,7-10,13-14,22H,2,5-6,11-12H2,1H3/t14-/m0/s1. The molecular formula is C21H22N2OS. The molecule has 2 aromatic carbocycles. The molecule has 25 heavy (non-hydrogen) atoms. The van der Waals surface area contributed by atoms with Crippen molar-refractivity contribution in [2.75, 3.05) is 4.90 Å². The quantitative estimate of drug-likeness (QED) is 0.571. The summed E-state index contributed by atoms with van der Waals surface area (Å²) in [5, 5.41) is 11.3. The van der Waals surface area contributed by atoms with E-state index >= 15 is 0 Å².